The van der Waals surface area contributed by atoms with E-state index in [0.29, 0.717) is 60.4 Å². The summed E-state index contributed by atoms with van der Waals surface area (Å²) in [4.78, 5) is 14.2. The molecule has 1 aromatic carbocycles. The lowest BCUT2D eigenvalue weighted by molar-refractivity contribution is -0.132. The van der Waals surface area contributed by atoms with Crippen LogP contribution in [-0.4, -0.2) is 57.6 Å². The van der Waals surface area contributed by atoms with Crippen molar-refractivity contribution in [3.8, 4) is 5.75 Å². The maximum absolute atomic E-state index is 12.3. The molecule has 2 aromatic rings. The molecule has 7 nitrogen and oxygen atoms in total. The van der Waals surface area contributed by atoms with Crippen molar-refractivity contribution < 1.29 is 14.3 Å². The van der Waals surface area contributed by atoms with Crippen molar-refractivity contribution in [3.05, 3.63) is 35.1 Å². The highest BCUT2D eigenvalue weighted by Gasteiger charge is 2.22. The number of thioether (sulfide) groups is 1. The zero-order chi connectivity index (χ0) is 19.2. The Balaban J connectivity index is 1.65. The molecule has 0 saturated carbocycles. The lowest BCUT2D eigenvalue weighted by atomic mass is 10.3. The molecule has 2 heterocycles. The first-order valence-electron chi connectivity index (χ1n) is 8.92. The van der Waals surface area contributed by atoms with Gasteiger partial charge in [0.25, 0.3) is 0 Å². The van der Waals surface area contributed by atoms with E-state index >= 15 is 0 Å². The SMILES string of the molecule is CCn1c(SCC(=O)N2CCOCC2)nnc1C(C)Oc1ccccc1Cl. The van der Waals surface area contributed by atoms with Gasteiger partial charge in [-0.2, -0.15) is 0 Å². The summed E-state index contributed by atoms with van der Waals surface area (Å²) in [6.07, 6.45) is -0.318. The molecule has 1 atom stereocenters. The summed E-state index contributed by atoms with van der Waals surface area (Å²) < 4.78 is 13.2. The van der Waals surface area contributed by atoms with Gasteiger partial charge in [-0.05, 0) is 26.0 Å². The maximum Gasteiger partial charge on any atom is 0.233 e. The Bertz CT molecular complexity index is 780. The number of para-hydroxylation sites is 1. The zero-order valence-electron chi connectivity index (χ0n) is 15.4. The van der Waals surface area contributed by atoms with Gasteiger partial charge in [0, 0.05) is 19.6 Å². The van der Waals surface area contributed by atoms with Crippen LogP contribution >= 0.6 is 23.4 Å². The van der Waals surface area contributed by atoms with Crippen LogP contribution in [0.15, 0.2) is 29.4 Å². The van der Waals surface area contributed by atoms with Crippen molar-refractivity contribution in [2.75, 3.05) is 32.1 Å². The number of carbonyl (C=O) groups is 1. The van der Waals surface area contributed by atoms with E-state index in [-0.39, 0.29) is 12.0 Å². The summed E-state index contributed by atoms with van der Waals surface area (Å²) in [6.45, 7) is 7.11. The van der Waals surface area contributed by atoms with Crippen molar-refractivity contribution in [1.82, 2.24) is 19.7 Å². The maximum atomic E-state index is 12.3. The minimum atomic E-state index is -0.318. The summed E-state index contributed by atoms with van der Waals surface area (Å²) in [5.74, 6) is 1.74. The second-order valence-corrected chi connectivity index (χ2v) is 7.41. The van der Waals surface area contributed by atoms with Crippen LogP contribution in [0.25, 0.3) is 0 Å². The lowest BCUT2D eigenvalue weighted by Gasteiger charge is -2.26. The van der Waals surface area contributed by atoms with Crippen LogP contribution in [0.4, 0.5) is 0 Å². The normalized spacial score (nSPS) is 15.6. The molecule has 0 bridgehead atoms. The summed E-state index contributed by atoms with van der Waals surface area (Å²) in [5, 5.41) is 9.80. The molecular formula is C18H23ClN4O3S. The van der Waals surface area contributed by atoms with Crippen molar-refractivity contribution in [3.63, 3.8) is 0 Å². The van der Waals surface area contributed by atoms with Gasteiger partial charge in [-0.25, -0.2) is 0 Å². The highest BCUT2D eigenvalue weighted by molar-refractivity contribution is 7.99. The van der Waals surface area contributed by atoms with Gasteiger partial charge in [-0.3, -0.25) is 4.79 Å². The zero-order valence-corrected chi connectivity index (χ0v) is 17.0. The molecule has 0 N–H and O–H groups in total. The van der Waals surface area contributed by atoms with E-state index in [1.54, 1.807) is 6.07 Å². The van der Waals surface area contributed by atoms with Crippen LogP contribution in [-0.2, 0) is 16.1 Å². The van der Waals surface area contributed by atoms with Gasteiger partial charge < -0.3 is 18.9 Å². The molecule has 1 aliphatic heterocycles. The molecule has 1 unspecified atom stereocenters. The number of benzene rings is 1. The monoisotopic (exact) mass is 410 g/mol. The standard InChI is InChI=1S/C18H23ClN4O3S/c1-3-23-17(13(2)26-15-7-5-4-6-14(15)19)20-21-18(23)27-12-16(24)22-8-10-25-11-9-22/h4-7,13H,3,8-12H2,1-2H3. The van der Waals surface area contributed by atoms with E-state index in [1.165, 1.54) is 11.8 Å². The highest BCUT2D eigenvalue weighted by Crippen LogP contribution is 2.29. The Hall–Kier alpha value is -1.77. The van der Waals surface area contributed by atoms with Gasteiger partial charge in [0.15, 0.2) is 17.1 Å². The molecule has 9 heteroatoms. The molecule has 1 aliphatic rings. The van der Waals surface area contributed by atoms with Gasteiger partial charge in [-0.1, -0.05) is 35.5 Å². The van der Waals surface area contributed by atoms with E-state index in [0.717, 1.165) is 0 Å². The number of nitrogens with zero attached hydrogens (tertiary/aromatic N) is 4. The predicted octanol–water partition coefficient (Wildman–Crippen LogP) is 3.04. The van der Waals surface area contributed by atoms with Crippen molar-refractivity contribution in [2.45, 2.75) is 31.7 Å². The van der Waals surface area contributed by atoms with Crippen molar-refractivity contribution in [2.24, 2.45) is 0 Å². The minimum absolute atomic E-state index is 0.0934. The van der Waals surface area contributed by atoms with E-state index in [4.69, 9.17) is 21.1 Å². The van der Waals surface area contributed by atoms with Crippen molar-refractivity contribution >= 4 is 29.3 Å². The molecule has 0 aliphatic carbocycles. The first kappa shape index (κ1) is 20.0. The third kappa shape index (κ3) is 4.94. The van der Waals surface area contributed by atoms with Crippen molar-refractivity contribution in [1.29, 1.82) is 0 Å². The van der Waals surface area contributed by atoms with Gasteiger partial charge in [-0.15, -0.1) is 10.2 Å². The number of rotatable bonds is 7. The van der Waals surface area contributed by atoms with Gasteiger partial charge in [0.2, 0.25) is 5.91 Å². The number of morpholine rings is 1. The first-order valence-corrected chi connectivity index (χ1v) is 10.3. The lowest BCUT2D eigenvalue weighted by Crippen LogP contribution is -2.41. The molecule has 1 aromatic heterocycles. The van der Waals surface area contributed by atoms with Crippen LogP contribution < -0.4 is 4.74 Å². The number of hydrogen-bond acceptors (Lipinski definition) is 6. The molecule has 0 spiro atoms. The molecule has 1 fully saturated rings. The Kier molecular flexibility index (Phi) is 6.98. The van der Waals surface area contributed by atoms with Crippen LogP contribution in [0.5, 0.6) is 5.75 Å². The van der Waals surface area contributed by atoms with Crippen LogP contribution in [0, 0.1) is 0 Å². The number of amides is 1. The Morgan fingerprint density at radius 1 is 1.33 bits per heavy atom. The fraction of sp³-hybridized carbons (Fsp3) is 0.500. The Morgan fingerprint density at radius 3 is 2.78 bits per heavy atom. The van der Waals surface area contributed by atoms with E-state index in [2.05, 4.69) is 10.2 Å². The second kappa shape index (κ2) is 9.43. The molecular weight excluding hydrogens is 388 g/mol. The van der Waals surface area contributed by atoms with Gasteiger partial charge >= 0.3 is 0 Å². The molecule has 27 heavy (non-hydrogen) atoms. The smallest absolute Gasteiger partial charge is 0.233 e. The fourth-order valence-corrected chi connectivity index (χ4v) is 3.91. The van der Waals surface area contributed by atoms with Gasteiger partial charge in [0.05, 0.1) is 24.0 Å². The van der Waals surface area contributed by atoms with Crippen LogP contribution in [0.1, 0.15) is 25.8 Å². The summed E-state index contributed by atoms with van der Waals surface area (Å²) in [6, 6.07) is 7.33. The molecule has 3 rings (SSSR count). The predicted molar refractivity (Wildman–Crippen MR) is 104 cm³/mol. The molecule has 146 valence electrons. The molecule has 1 amide bonds. The highest BCUT2D eigenvalue weighted by atomic mass is 35.5. The minimum Gasteiger partial charge on any atom is -0.481 e. The number of halogens is 1. The fourth-order valence-electron chi connectivity index (χ4n) is 2.82. The average Bonchev–Trinajstić information content (AvgIpc) is 3.11. The largest absolute Gasteiger partial charge is 0.481 e. The number of ether oxygens (including phenoxy) is 2. The average molecular weight is 411 g/mol. The Labute approximate surface area is 168 Å². The number of hydrogen-bond donors (Lipinski definition) is 0. The molecule has 1 saturated heterocycles. The third-order valence-electron chi connectivity index (χ3n) is 4.25. The summed E-state index contributed by atoms with van der Waals surface area (Å²) in [7, 11) is 0. The molecule has 0 radical (unpaired) electrons. The van der Waals surface area contributed by atoms with Crippen LogP contribution in [0.2, 0.25) is 5.02 Å². The van der Waals surface area contributed by atoms with E-state index in [9.17, 15) is 4.79 Å². The summed E-state index contributed by atoms with van der Waals surface area (Å²) in [5.41, 5.74) is 0. The Morgan fingerprint density at radius 2 is 2.07 bits per heavy atom. The quantitative estimate of drug-likeness (QED) is 0.653. The number of carbonyl (C=O) groups excluding carboxylic acids is 1. The topological polar surface area (TPSA) is 69.5 Å². The number of aromatic nitrogens is 3. The van der Waals surface area contributed by atoms with E-state index in [1.807, 2.05) is 41.5 Å². The third-order valence-corrected chi connectivity index (χ3v) is 5.52. The van der Waals surface area contributed by atoms with Gasteiger partial charge in [0.1, 0.15) is 5.75 Å². The van der Waals surface area contributed by atoms with E-state index < -0.39 is 0 Å². The first-order chi connectivity index (χ1) is 13.1. The van der Waals surface area contributed by atoms with Crippen LogP contribution in [0.3, 0.4) is 0 Å². The summed E-state index contributed by atoms with van der Waals surface area (Å²) >= 11 is 7.57. The second-order valence-electron chi connectivity index (χ2n) is 6.06.